The fourth-order valence-corrected chi connectivity index (χ4v) is 4.45. The van der Waals surface area contributed by atoms with Gasteiger partial charge in [-0.15, -0.1) is 0 Å². The van der Waals surface area contributed by atoms with Crippen LogP contribution in [0, 0.1) is 0 Å². The maximum Gasteiger partial charge on any atom is 0.416 e. The second-order valence-electron chi connectivity index (χ2n) is 7.13. The summed E-state index contributed by atoms with van der Waals surface area (Å²) < 4.78 is 81.8. The molecule has 3 aliphatic heterocycles. The fourth-order valence-electron chi connectivity index (χ4n) is 4.45. The van der Waals surface area contributed by atoms with Crippen molar-refractivity contribution >= 4 is 0 Å². The normalized spacial score (nSPS) is 27.8. The monoisotopic (exact) mass is 400 g/mol. The molecule has 0 aromatic heterocycles. The Hall–Kier alpha value is -2.06. The van der Waals surface area contributed by atoms with Gasteiger partial charge in [0.05, 0.1) is 23.2 Å². The number of alkyl halides is 6. The quantitative estimate of drug-likeness (QED) is 0.645. The van der Waals surface area contributed by atoms with Crippen molar-refractivity contribution < 1.29 is 26.3 Å². The van der Waals surface area contributed by atoms with Crippen LogP contribution in [-0.2, 0) is 12.4 Å². The van der Waals surface area contributed by atoms with Crippen LogP contribution in [0.3, 0.4) is 0 Å². The van der Waals surface area contributed by atoms with Gasteiger partial charge in [0.25, 0.3) is 0 Å². The van der Waals surface area contributed by atoms with E-state index < -0.39 is 35.6 Å². The molecule has 0 aliphatic carbocycles. The lowest BCUT2D eigenvalue weighted by Gasteiger charge is -2.54. The molecule has 0 spiro atoms. The molecule has 3 aliphatic rings. The highest BCUT2D eigenvalue weighted by Gasteiger charge is 2.48. The predicted molar refractivity (Wildman–Crippen MR) is 91.5 cm³/mol. The Morgan fingerprint density at radius 2 is 0.893 bits per heavy atom. The van der Waals surface area contributed by atoms with Crippen LogP contribution in [0.4, 0.5) is 26.3 Å². The Labute approximate surface area is 158 Å². The third-order valence-corrected chi connectivity index (χ3v) is 5.60. The van der Waals surface area contributed by atoms with Crippen LogP contribution in [0.1, 0.15) is 34.3 Å². The maximum atomic E-state index is 13.6. The van der Waals surface area contributed by atoms with Crippen LogP contribution in [-0.4, -0.2) is 36.0 Å². The van der Waals surface area contributed by atoms with Gasteiger partial charge >= 0.3 is 12.4 Å². The number of halogens is 6. The minimum absolute atomic E-state index is 0.0291. The van der Waals surface area contributed by atoms with Crippen LogP contribution >= 0.6 is 0 Å². The van der Waals surface area contributed by atoms with Crippen molar-refractivity contribution in [3.05, 3.63) is 70.8 Å². The second-order valence-corrected chi connectivity index (χ2v) is 7.13. The molecule has 28 heavy (non-hydrogen) atoms. The summed E-state index contributed by atoms with van der Waals surface area (Å²) in [5, 5.41) is 0. The first-order chi connectivity index (χ1) is 13.2. The van der Waals surface area contributed by atoms with E-state index in [4.69, 9.17) is 0 Å². The molecular weight excluding hydrogens is 382 g/mol. The molecule has 0 saturated carbocycles. The summed E-state index contributed by atoms with van der Waals surface area (Å²) in [4.78, 5) is 3.75. The van der Waals surface area contributed by atoms with Crippen LogP contribution in [0.25, 0.3) is 0 Å². The van der Waals surface area contributed by atoms with Gasteiger partial charge in [-0.2, -0.15) is 26.3 Å². The molecule has 0 radical (unpaired) electrons. The predicted octanol–water partition coefficient (Wildman–Crippen LogP) is 5.14. The molecule has 3 fully saturated rings. The average molecular weight is 400 g/mol. The van der Waals surface area contributed by atoms with E-state index >= 15 is 0 Å². The Bertz CT molecular complexity index is 781. The second kappa shape index (κ2) is 6.77. The first kappa shape index (κ1) is 19.3. The topological polar surface area (TPSA) is 6.48 Å². The summed E-state index contributed by atoms with van der Waals surface area (Å²) in [5.41, 5.74) is -1.52. The van der Waals surface area contributed by atoms with Gasteiger partial charge in [0, 0.05) is 26.2 Å². The summed E-state index contributed by atoms with van der Waals surface area (Å²) in [6.45, 7) is 2.12. The molecule has 2 atom stereocenters. The largest absolute Gasteiger partial charge is 0.416 e. The number of piperazine rings is 3. The number of hydrogen-bond donors (Lipinski definition) is 0. The Morgan fingerprint density at radius 3 is 1.21 bits per heavy atom. The molecule has 8 heteroatoms. The molecule has 2 nitrogen and oxygen atoms in total. The Kier molecular flexibility index (Phi) is 4.66. The third kappa shape index (κ3) is 3.28. The van der Waals surface area contributed by atoms with Gasteiger partial charge in [-0.3, -0.25) is 9.80 Å². The van der Waals surface area contributed by atoms with Crippen LogP contribution in [0.5, 0.6) is 0 Å². The van der Waals surface area contributed by atoms with E-state index in [9.17, 15) is 26.3 Å². The van der Waals surface area contributed by atoms with Crippen LogP contribution < -0.4 is 0 Å². The zero-order valence-corrected chi connectivity index (χ0v) is 14.8. The molecule has 3 saturated heterocycles. The smallest absolute Gasteiger partial charge is 0.292 e. The Morgan fingerprint density at radius 1 is 0.571 bits per heavy atom. The van der Waals surface area contributed by atoms with Gasteiger partial charge in [0.1, 0.15) is 0 Å². The summed E-state index contributed by atoms with van der Waals surface area (Å²) in [7, 11) is 0. The van der Waals surface area contributed by atoms with E-state index in [0.29, 0.717) is 26.2 Å². The lowest BCUT2D eigenvalue weighted by atomic mass is 9.82. The summed E-state index contributed by atoms with van der Waals surface area (Å²) in [5.74, 6) is 0. The van der Waals surface area contributed by atoms with E-state index in [1.807, 2.05) is 9.80 Å². The molecule has 3 heterocycles. The molecule has 5 rings (SSSR count). The van der Waals surface area contributed by atoms with Crippen molar-refractivity contribution in [1.29, 1.82) is 0 Å². The lowest BCUT2D eigenvalue weighted by Crippen LogP contribution is -2.58. The average Bonchev–Trinajstić information content (AvgIpc) is 2.67. The zero-order valence-electron chi connectivity index (χ0n) is 14.8. The molecule has 0 N–H and O–H groups in total. The molecular formula is C20H18F6N2. The van der Waals surface area contributed by atoms with Crippen molar-refractivity contribution in [2.45, 2.75) is 24.4 Å². The van der Waals surface area contributed by atoms with Crippen molar-refractivity contribution in [1.82, 2.24) is 9.80 Å². The summed E-state index contributed by atoms with van der Waals surface area (Å²) in [6.07, 6.45) is -9.14. The van der Waals surface area contributed by atoms with Gasteiger partial charge in [0.2, 0.25) is 0 Å². The number of nitrogens with zero attached hydrogens (tertiary/aromatic N) is 2. The third-order valence-electron chi connectivity index (χ3n) is 5.60. The molecule has 2 bridgehead atoms. The summed E-state index contributed by atoms with van der Waals surface area (Å²) in [6, 6.07) is 8.83. The standard InChI is InChI=1S/C20H18F6N2/c21-19(22,23)15-7-3-1-5-13(15)17-18(28-11-9-27(17)10-12-28)14-6-2-4-8-16(14)20(24,25)26/h1-8,17-18H,9-12H2/t17-,18-/m0/s1. The minimum Gasteiger partial charge on any atom is -0.292 e. The van der Waals surface area contributed by atoms with E-state index in [1.165, 1.54) is 36.4 Å². The van der Waals surface area contributed by atoms with Crippen LogP contribution in [0.2, 0.25) is 0 Å². The van der Waals surface area contributed by atoms with Gasteiger partial charge in [-0.1, -0.05) is 36.4 Å². The minimum atomic E-state index is -4.57. The Balaban J connectivity index is 1.89. The number of hydrogen-bond acceptors (Lipinski definition) is 2. The SMILES string of the molecule is FC(F)(F)c1ccccc1[C@H]1[C@H](c2ccccc2C(F)(F)F)N2CCN1CC2. The van der Waals surface area contributed by atoms with Gasteiger partial charge in [-0.05, 0) is 23.3 Å². The first-order valence-electron chi connectivity index (χ1n) is 8.98. The van der Waals surface area contributed by atoms with Gasteiger partial charge < -0.3 is 0 Å². The zero-order chi connectivity index (χ0) is 20.1. The van der Waals surface area contributed by atoms with E-state index in [-0.39, 0.29) is 11.1 Å². The lowest BCUT2D eigenvalue weighted by molar-refractivity contribution is -0.143. The van der Waals surface area contributed by atoms with E-state index in [1.54, 1.807) is 0 Å². The van der Waals surface area contributed by atoms with Gasteiger partial charge in [0.15, 0.2) is 0 Å². The van der Waals surface area contributed by atoms with E-state index in [2.05, 4.69) is 0 Å². The van der Waals surface area contributed by atoms with Crippen molar-refractivity contribution in [3.8, 4) is 0 Å². The highest BCUT2D eigenvalue weighted by Crippen LogP contribution is 2.49. The van der Waals surface area contributed by atoms with Crippen molar-refractivity contribution in [3.63, 3.8) is 0 Å². The van der Waals surface area contributed by atoms with Crippen LogP contribution in [0.15, 0.2) is 48.5 Å². The van der Waals surface area contributed by atoms with Crippen molar-refractivity contribution in [2.24, 2.45) is 0 Å². The van der Waals surface area contributed by atoms with E-state index in [0.717, 1.165) is 12.1 Å². The number of rotatable bonds is 2. The van der Waals surface area contributed by atoms with Crippen molar-refractivity contribution in [2.75, 3.05) is 26.2 Å². The number of fused-ring (bicyclic) bond motifs is 3. The molecule has 2 aromatic carbocycles. The molecule has 2 aromatic rings. The maximum absolute atomic E-state index is 13.6. The number of benzene rings is 2. The molecule has 150 valence electrons. The first-order valence-corrected chi connectivity index (χ1v) is 8.98. The fraction of sp³-hybridized carbons (Fsp3) is 0.400. The highest BCUT2D eigenvalue weighted by atomic mass is 19.4. The highest BCUT2D eigenvalue weighted by molar-refractivity contribution is 5.40. The summed E-state index contributed by atoms with van der Waals surface area (Å²) >= 11 is 0. The molecule has 0 amide bonds. The molecule has 0 unspecified atom stereocenters. The van der Waals surface area contributed by atoms with Gasteiger partial charge in [-0.25, -0.2) is 0 Å².